The SMILES string of the molecule is COc1ccc(C[C@@H](NC(=O)/C=C/C[C@H](O)[C@H](C)/C=C/c2cnn(C)c2)C(=O)NC[C@@H](C)C(=O)O[C@@H](CC(C)C)C(=O)SCCNC(C)=O)cc1Cl. The molecular weight excluding hydrogens is 710 g/mol. The van der Waals surface area contributed by atoms with Crippen LogP contribution in [0.2, 0.25) is 5.02 Å². The average molecular weight is 762 g/mol. The third kappa shape index (κ3) is 16.5. The molecule has 0 fully saturated rings. The number of aromatic nitrogens is 2. The van der Waals surface area contributed by atoms with Gasteiger partial charge in [-0.3, -0.25) is 28.7 Å². The minimum atomic E-state index is -1.05. The van der Waals surface area contributed by atoms with Crippen molar-refractivity contribution in [2.24, 2.45) is 24.8 Å². The maximum atomic E-state index is 13.4. The number of aliphatic hydroxyl groups is 1. The zero-order valence-corrected chi connectivity index (χ0v) is 32.5. The number of hydrogen-bond donors (Lipinski definition) is 4. The molecule has 0 saturated heterocycles. The summed E-state index contributed by atoms with van der Waals surface area (Å²) < 4.78 is 12.5. The Labute approximate surface area is 315 Å². The lowest BCUT2D eigenvalue weighted by Gasteiger charge is -2.22. The van der Waals surface area contributed by atoms with Crippen molar-refractivity contribution in [2.75, 3.05) is 26.0 Å². The number of aryl methyl sites for hydroxylation is 1. The molecular formula is C37H52ClN5O8S. The number of amides is 3. The fraction of sp³-hybridized carbons (Fsp3) is 0.514. The van der Waals surface area contributed by atoms with Gasteiger partial charge in [0.1, 0.15) is 11.8 Å². The van der Waals surface area contributed by atoms with Crippen LogP contribution < -0.4 is 20.7 Å². The number of nitrogens with zero attached hydrogens (tertiary/aromatic N) is 2. The van der Waals surface area contributed by atoms with E-state index in [4.69, 9.17) is 21.1 Å². The third-order valence-electron chi connectivity index (χ3n) is 7.77. The number of halogens is 1. The van der Waals surface area contributed by atoms with E-state index < -0.39 is 42.0 Å². The topological polar surface area (TPSA) is 178 Å². The molecule has 15 heteroatoms. The molecule has 1 aromatic heterocycles. The predicted octanol–water partition coefficient (Wildman–Crippen LogP) is 3.87. The van der Waals surface area contributed by atoms with Gasteiger partial charge >= 0.3 is 5.97 Å². The Kier molecular flexibility index (Phi) is 19.2. The number of esters is 1. The standard InChI is InChI=1S/C37H52ClN5O8S/c1-23(2)17-33(37(49)52-16-15-39-26(5)44)51-36(48)25(4)20-40-35(47)30(19-27-13-14-32(50-7)29(38)18-27)42-34(46)10-8-9-31(45)24(3)11-12-28-21-41-43(6)22-28/h8,10-14,18,21-25,30-31,33,45H,9,15-17,19-20H2,1-7H3,(H,39,44)(H,40,47)(H,42,46)/b10-8+,12-11+/t24-,25-,30-,31+,33+/m1/s1. The molecule has 0 bridgehead atoms. The number of methoxy groups -OCH3 is 1. The number of carbonyl (C=O) groups is 5. The van der Waals surface area contributed by atoms with Crippen molar-refractivity contribution in [2.45, 2.75) is 72.1 Å². The Balaban J connectivity index is 2.05. The number of carbonyl (C=O) groups excluding carboxylic acids is 5. The lowest BCUT2D eigenvalue weighted by molar-refractivity contribution is -0.157. The summed E-state index contributed by atoms with van der Waals surface area (Å²) in [5.41, 5.74) is 1.56. The van der Waals surface area contributed by atoms with Crippen LogP contribution in [0.3, 0.4) is 0 Å². The van der Waals surface area contributed by atoms with Gasteiger partial charge in [0.15, 0.2) is 6.10 Å². The van der Waals surface area contributed by atoms with Crippen molar-refractivity contribution in [1.82, 2.24) is 25.7 Å². The highest BCUT2D eigenvalue weighted by atomic mass is 35.5. The monoisotopic (exact) mass is 761 g/mol. The first kappa shape index (κ1) is 44.0. The first-order chi connectivity index (χ1) is 24.6. The summed E-state index contributed by atoms with van der Waals surface area (Å²) in [6.45, 7) is 8.83. The Morgan fingerprint density at radius 1 is 1.12 bits per heavy atom. The van der Waals surface area contributed by atoms with E-state index in [2.05, 4.69) is 21.0 Å². The van der Waals surface area contributed by atoms with Gasteiger partial charge in [0.05, 0.1) is 30.4 Å². The second kappa shape index (κ2) is 22.7. The quantitative estimate of drug-likeness (QED) is 0.0830. The van der Waals surface area contributed by atoms with Crippen molar-refractivity contribution < 1.29 is 38.6 Å². The summed E-state index contributed by atoms with van der Waals surface area (Å²) in [5, 5.41) is 22.8. The summed E-state index contributed by atoms with van der Waals surface area (Å²) >= 11 is 7.29. The largest absolute Gasteiger partial charge is 0.495 e. The van der Waals surface area contributed by atoms with E-state index in [0.717, 1.165) is 17.3 Å². The van der Waals surface area contributed by atoms with Crippen molar-refractivity contribution >= 4 is 58.2 Å². The van der Waals surface area contributed by atoms with Crippen LogP contribution in [0.15, 0.2) is 48.8 Å². The summed E-state index contributed by atoms with van der Waals surface area (Å²) in [6.07, 6.45) is 8.97. The first-order valence-corrected chi connectivity index (χ1v) is 18.5. The van der Waals surface area contributed by atoms with E-state index in [1.54, 1.807) is 42.1 Å². The van der Waals surface area contributed by atoms with Crippen LogP contribution in [0.5, 0.6) is 5.75 Å². The van der Waals surface area contributed by atoms with Crippen molar-refractivity contribution in [3.63, 3.8) is 0 Å². The Morgan fingerprint density at radius 2 is 1.85 bits per heavy atom. The lowest BCUT2D eigenvalue weighted by Crippen LogP contribution is -2.49. The number of aliphatic hydroxyl groups excluding tert-OH is 1. The smallest absolute Gasteiger partial charge is 0.311 e. The lowest BCUT2D eigenvalue weighted by atomic mass is 10.0. The van der Waals surface area contributed by atoms with Gasteiger partial charge in [-0.1, -0.05) is 75.4 Å². The van der Waals surface area contributed by atoms with Crippen LogP contribution in [0, 0.1) is 17.8 Å². The molecule has 0 aliphatic carbocycles. The molecule has 4 N–H and O–H groups in total. The van der Waals surface area contributed by atoms with Crippen molar-refractivity contribution in [3.8, 4) is 5.75 Å². The molecule has 52 heavy (non-hydrogen) atoms. The van der Waals surface area contributed by atoms with Gasteiger partial charge in [-0.2, -0.15) is 5.10 Å². The number of rotatable bonds is 21. The maximum absolute atomic E-state index is 13.4. The van der Waals surface area contributed by atoms with Gasteiger partial charge in [0, 0.05) is 56.9 Å². The van der Waals surface area contributed by atoms with Crippen molar-refractivity contribution in [3.05, 3.63) is 65.0 Å². The molecule has 0 aliphatic heterocycles. The molecule has 2 rings (SSSR count). The number of hydrogen-bond acceptors (Lipinski definition) is 10. The molecule has 0 saturated carbocycles. The highest BCUT2D eigenvalue weighted by molar-refractivity contribution is 8.13. The molecule has 0 aliphatic rings. The van der Waals surface area contributed by atoms with Crippen LogP contribution in [0.25, 0.3) is 6.08 Å². The minimum absolute atomic E-state index is 0.0680. The van der Waals surface area contributed by atoms with Crippen LogP contribution in [0.1, 0.15) is 58.6 Å². The van der Waals surface area contributed by atoms with E-state index in [-0.39, 0.29) is 42.2 Å². The average Bonchev–Trinajstić information content (AvgIpc) is 3.51. The summed E-state index contributed by atoms with van der Waals surface area (Å²) in [5.74, 6) is -2.11. The zero-order valence-electron chi connectivity index (χ0n) is 30.9. The fourth-order valence-corrected chi connectivity index (χ4v) is 5.77. The summed E-state index contributed by atoms with van der Waals surface area (Å²) in [6, 6.07) is 3.97. The molecule has 0 unspecified atom stereocenters. The molecule has 0 radical (unpaired) electrons. The highest BCUT2D eigenvalue weighted by Crippen LogP contribution is 2.25. The number of ether oxygens (including phenoxy) is 2. The second-order valence-corrected chi connectivity index (χ2v) is 14.5. The van der Waals surface area contributed by atoms with Gasteiger partial charge < -0.3 is 30.5 Å². The van der Waals surface area contributed by atoms with Crippen LogP contribution in [0.4, 0.5) is 0 Å². The molecule has 1 heterocycles. The predicted molar refractivity (Wildman–Crippen MR) is 202 cm³/mol. The fourth-order valence-electron chi connectivity index (χ4n) is 4.76. The second-order valence-electron chi connectivity index (χ2n) is 13.0. The molecule has 0 spiro atoms. The first-order valence-electron chi connectivity index (χ1n) is 17.1. The van der Waals surface area contributed by atoms with Gasteiger partial charge in [-0.15, -0.1) is 0 Å². The summed E-state index contributed by atoms with van der Waals surface area (Å²) in [7, 11) is 3.30. The molecule has 3 amide bonds. The third-order valence-corrected chi connectivity index (χ3v) is 9.02. The zero-order chi connectivity index (χ0) is 38.8. The molecule has 286 valence electrons. The Morgan fingerprint density at radius 3 is 2.46 bits per heavy atom. The van der Waals surface area contributed by atoms with Gasteiger partial charge in [-0.05, 0) is 42.5 Å². The van der Waals surface area contributed by atoms with E-state index in [1.165, 1.54) is 20.1 Å². The van der Waals surface area contributed by atoms with E-state index >= 15 is 0 Å². The molecule has 5 atom stereocenters. The Bertz CT molecular complexity index is 1560. The highest BCUT2D eigenvalue weighted by Gasteiger charge is 2.28. The normalized spacial score (nSPS) is 14.4. The number of benzene rings is 1. The van der Waals surface area contributed by atoms with Crippen molar-refractivity contribution in [1.29, 1.82) is 0 Å². The molecule has 13 nitrogen and oxygen atoms in total. The molecule has 2 aromatic rings. The number of thioether (sulfide) groups is 1. The van der Waals surface area contributed by atoms with Crippen LogP contribution in [-0.2, 0) is 42.2 Å². The maximum Gasteiger partial charge on any atom is 0.311 e. The van der Waals surface area contributed by atoms with E-state index in [9.17, 15) is 29.1 Å². The summed E-state index contributed by atoms with van der Waals surface area (Å²) in [4.78, 5) is 63.4. The minimum Gasteiger partial charge on any atom is -0.495 e. The number of nitrogens with one attached hydrogen (secondary N) is 3. The van der Waals surface area contributed by atoms with Gasteiger partial charge in [0.25, 0.3) is 0 Å². The Hall–Kier alpha value is -4.14. The van der Waals surface area contributed by atoms with Gasteiger partial charge in [0.2, 0.25) is 22.8 Å². The van der Waals surface area contributed by atoms with E-state index in [1.807, 2.05) is 46.2 Å². The van der Waals surface area contributed by atoms with Crippen LogP contribution in [-0.4, -0.2) is 87.9 Å². The molecule has 1 aromatic carbocycles. The van der Waals surface area contributed by atoms with E-state index in [0.29, 0.717) is 35.1 Å². The van der Waals surface area contributed by atoms with Crippen LogP contribution >= 0.6 is 23.4 Å². The van der Waals surface area contributed by atoms with Gasteiger partial charge in [-0.25, -0.2) is 0 Å².